The zero-order valence-electron chi connectivity index (χ0n) is 19.9. The van der Waals surface area contributed by atoms with Crippen molar-refractivity contribution >= 4 is 11.9 Å². The summed E-state index contributed by atoms with van der Waals surface area (Å²) >= 11 is 0. The lowest BCUT2D eigenvalue weighted by Gasteiger charge is -2.63. The summed E-state index contributed by atoms with van der Waals surface area (Å²) < 4.78 is 11.5. The second-order valence-electron chi connectivity index (χ2n) is 10.2. The Labute approximate surface area is 178 Å². The molecule has 0 N–H and O–H groups in total. The molecular formula is C25H44O4. The molecule has 0 saturated heterocycles. The van der Waals surface area contributed by atoms with Crippen LogP contribution in [0.5, 0.6) is 0 Å². The molecule has 4 saturated carbocycles. The molecule has 0 aromatic carbocycles. The van der Waals surface area contributed by atoms with Crippen LogP contribution in [0.3, 0.4) is 0 Å². The first-order valence-electron chi connectivity index (χ1n) is 12.1. The lowest BCUT2D eigenvalue weighted by atomic mass is 9.44. The molecule has 4 aliphatic rings. The fourth-order valence-electron chi connectivity index (χ4n) is 6.63. The van der Waals surface area contributed by atoms with Crippen molar-refractivity contribution in [2.75, 3.05) is 6.61 Å². The molecule has 0 radical (unpaired) electrons. The van der Waals surface area contributed by atoms with Crippen LogP contribution >= 0.6 is 0 Å². The predicted octanol–water partition coefficient (Wildman–Crippen LogP) is 6.31. The number of rotatable bonds is 8. The van der Waals surface area contributed by atoms with Gasteiger partial charge in [0.05, 0.1) is 5.41 Å². The minimum Gasteiger partial charge on any atom is -0.456 e. The van der Waals surface area contributed by atoms with Gasteiger partial charge in [-0.25, -0.2) is 4.79 Å². The van der Waals surface area contributed by atoms with E-state index in [2.05, 4.69) is 13.8 Å². The van der Waals surface area contributed by atoms with E-state index in [0.717, 1.165) is 30.6 Å². The zero-order chi connectivity index (χ0) is 21.9. The summed E-state index contributed by atoms with van der Waals surface area (Å²) in [5.41, 5.74) is -0.840. The summed E-state index contributed by atoms with van der Waals surface area (Å²) in [5.74, 6) is 1.74. The molecule has 4 nitrogen and oxygen atoms in total. The summed E-state index contributed by atoms with van der Waals surface area (Å²) in [7, 11) is 0. The van der Waals surface area contributed by atoms with Gasteiger partial charge in [-0.3, -0.25) is 4.79 Å². The van der Waals surface area contributed by atoms with Crippen LogP contribution in [-0.2, 0) is 19.1 Å². The van der Waals surface area contributed by atoms with Gasteiger partial charge >= 0.3 is 11.9 Å². The van der Waals surface area contributed by atoms with Gasteiger partial charge in [0, 0.05) is 5.41 Å². The van der Waals surface area contributed by atoms with Gasteiger partial charge in [0.2, 0.25) is 0 Å². The van der Waals surface area contributed by atoms with E-state index in [1.165, 1.54) is 38.5 Å². The lowest BCUT2D eigenvalue weighted by Crippen LogP contribution is -2.59. The number of esters is 2. The quantitative estimate of drug-likeness (QED) is 0.442. The molecule has 0 aromatic heterocycles. The van der Waals surface area contributed by atoms with E-state index in [1.807, 2.05) is 34.6 Å². The third-order valence-electron chi connectivity index (χ3n) is 8.21. The van der Waals surface area contributed by atoms with Crippen molar-refractivity contribution in [3.8, 4) is 0 Å². The first kappa shape index (κ1) is 24.2. The molecule has 4 aliphatic carbocycles. The Kier molecular flexibility index (Phi) is 7.84. The van der Waals surface area contributed by atoms with Crippen LogP contribution in [0.1, 0.15) is 106 Å². The molecule has 29 heavy (non-hydrogen) atoms. The molecule has 168 valence electrons. The average Bonchev–Trinajstić information content (AvgIpc) is 2.70. The fourth-order valence-corrected chi connectivity index (χ4v) is 6.63. The van der Waals surface area contributed by atoms with Gasteiger partial charge in [0.25, 0.3) is 0 Å². The molecule has 0 heterocycles. The van der Waals surface area contributed by atoms with Crippen LogP contribution in [0.15, 0.2) is 0 Å². The maximum absolute atomic E-state index is 12.7. The second-order valence-corrected chi connectivity index (χ2v) is 10.2. The van der Waals surface area contributed by atoms with Crippen molar-refractivity contribution in [3.63, 3.8) is 0 Å². The van der Waals surface area contributed by atoms with Crippen molar-refractivity contribution in [2.45, 2.75) is 112 Å². The van der Waals surface area contributed by atoms with Crippen LogP contribution in [0, 0.1) is 28.6 Å². The molecular weight excluding hydrogens is 364 g/mol. The SMILES string of the molecule is CC.CCC(C)(C)C(=O)OCC(=O)OC(CC)(CC)C12CC3CC(CC(C3)C1)C2. The largest absolute Gasteiger partial charge is 0.456 e. The van der Waals surface area contributed by atoms with Gasteiger partial charge in [0.1, 0.15) is 5.60 Å². The highest BCUT2D eigenvalue weighted by molar-refractivity contribution is 5.80. The van der Waals surface area contributed by atoms with Gasteiger partial charge in [-0.05, 0) is 89.4 Å². The number of hydrogen-bond donors (Lipinski definition) is 0. The Balaban J connectivity index is 0.00000145. The van der Waals surface area contributed by atoms with E-state index >= 15 is 0 Å². The van der Waals surface area contributed by atoms with Crippen LogP contribution < -0.4 is 0 Å². The molecule has 4 rings (SSSR count). The summed E-state index contributed by atoms with van der Waals surface area (Å²) in [6.07, 6.45) is 10.1. The van der Waals surface area contributed by atoms with E-state index < -0.39 is 11.0 Å². The Morgan fingerprint density at radius 2 is 1.31 bits per heavy atom. The number of hydrogen-bond acceptors (Lipinski definition) is 4. The number of ether oxygens (including phenoxy) is 2. The molecule has 0 unspecified atom stereocenters. The molecule has 0 spiro atoms. The summed E-state index contributed by atoms with van der Waals surface area (Å²) in [6, 6.07) is 0. The Morgan fingerprint density at radius 1 is 0.862 bits per heavy atom. The maximum atomic E-state index is 12.7. The Hall–Kier alpha value is -1.06. The third-order valence-corrected chi connectivity index (χ3v) is 8.21. The lowest BCUT2D eigenvalue weighted by molar-refractivity contribution is -0.215. The molecule has 0 atom stereocenters. The first-order chi connectivity index (χ1) is 13.7. The average molecular weight is 409 g/mol. The third kappa shape index (κ3) is 4.66. The number of carbonyl (C=O) groups is 2. The van der Waals surface area contributed by atoms with Gasteiger partial charge in [0.15, 0.2) is 6.61 Å². The standard InChI is InChI=1S/C23H38O4.C2H6/c1-6-21(4,5)20(25)26-15-19(24)27-23(7-2,8-3)22-12-16-9-17(13-22)11-18(10-16)14-22;1-2/h16-18H,6-15H2,1-5H3;1-2H3. The topological polar surface area (TPSA) is 52.6 Å². The monoisotopic (exact) mass is 408 g/mol. The van der Waals surface area contributed by atoms with Crippen LogP contribution in [0.2, 0.25) is 0 Å². The Bertz CT molecular complexity index is 538. The molecule has 0 aromatic rings. The smallest absolute Gasteiger partial charge is 0.344 e. The van der Waals surface area contributed by atoms with Crippen molar-refractivity contribution < 1.29 is 19.1 Å². The van der Waals surface area contributed by atoms with E-state index in [-0.39, 0.29) is 24.0 Å². The molecule has 4 fully saturated rings. The molecule has 4 bridgehead atoms. The van der Waals surface area contributed by atoms with E-state index in [4.69, 9.17) is 9.47 Å². The second kappa shape index (κ2) is 9.39. The van der Waals surface area contributed by atoms with Crippen LogP contribution in [0.4, 0.5) is 0 Å². The van der Waals surface area contributed by atoms with Crippen molar-refractivity contribution in [1.29, 1.82) is 0 Å². The maximum Gasteiger partial charge on any atom is 0.344 e. The van der Waals surface area contributed by atoms with Gasteiger partial charge in [-0.2, -0.15) is 0 Å². The highest BCUT2D eigenvalue weighted by atomic mass is 16.6. The predicted molar refractivity (Wildman–Crippen MR) is 116 cm³/mol. The van der Waals surface area contributed by atoms with E-state index in [9.17, 15) is 9.59 Å². The highest BCUT2D eigenvalue weighted by Crippen LogP contribution is 2.65. The summed E-state index contributed by atoms with van der Waals surface area (Å²) in [5, 5.41) is 0. The molecule has 0 aliphatic heterocycles. The minimum absolute atomic E-state index is 0.133. The molecule has 0 amide bonds. The van der Waals surface area contributed by atoms with Crippen molar-refractivity contribution in [3.05, 3.63) is 0 Å². The Morgan fingerprint density at radius 3 is 1.69 bits per heavy atom. The van der Waals surface area contributed by atoms with Crippen LogP contribution in [-0.4, -0.2) is 24.1 Å². The van der Waals surface area contributed by atoms with Gasteiger partial charge in [-0.1, -0.05) is 34.6 Å². The van der Waals surface area contributed by atoms with Gasteiger partial charge in [-0.15, -0.1) is 0 Å². The minimum atomic E-state index is -0.563. The van der Waals surface area contributed by atoms with Crippen molar-refractivity contribution in [1.82, 2.24) is 0 Å². The first-order valence-corrected chi connectivity index (χ1v) is 12.1. The van der Waals surface area contributed by atoms with Gasteiger partial charge < -0.3 is 9.47 Å². The highest BCUT2D eigenvalue weighted by Gasteiger charge is 2.61. The summed E-state index contributed by atoms with van der Waals surface area (Å²) in [6.45, 7) is 13.7. The van der Waals surface area contributed by atoms with E-state index in [1.54, 1.807) is 0 Å². The van der Waals surface area contributed by atoms with Crippen molar-refractivity contribution in [2.24, 2.45) is 28.6 Å². The van der Waals surface area contributed by atoms with E-state index in [0.29, 0.717) is 6.42 Å². The summed E-state index contributed by atoms with van der Waals surface area (Å²) in [4.78, 5) is 24.9. The fraction of sp³-hybridized carbons (Fsp3) is 0.920. The van der Waals surface area contributed by atoms with Crippen LogP contribution in [0.25, 0.3) is 0 Å². The number of carbonyl (C=O) groups excluding carboxylic acids is 2. The zero-order valence-corrected chi connectivity index (χ0v) is 19.9. The molecule has 4 heteroatoms. The normalized spacial score (nSPS) is 30.4.